The highest BCUT2D eigenvalue weighted by molar-refractivity contribution is 6.41. The SMILES string of the molecule is CCC1C(=O)NCCN1C(=O)c1cc(Cl)c(Cl)[nH]1. The molecule has 1 saturated heterocycles. The third-order valence-corrected chi connectivity index (χ3v) is 3.63. The van der Waals surface area contributed by atoms with E-state index >= 15 is 0 Å². The Morgan fingerprint density at radius 2 is 2.28 bits per heavy atom. The van der Waals surface area contributed by atoms with Crippen LogP contribution in [0.1, 0.15) is 23.8 Å². The van der Waals surface area contributed by atoms with E-state index in [1.54, 1.807) is 0 Å². The normalized spacial score (nSPS) is 19.8. The zero-order valence-electron chi connectivity index (χ0n) is 9.80. The van der Waals surface area contributed by atoms with E-state index in [0.29, 0.717) is 30.2 Å². The molecule has 1 aromatic rings. The fourth-order valence-corrected chi connectivity index (χ4v) is 2.35. The second kappa shape index (κ2) is 5.20. The summed E-state index contributed by atoms with van der Waals surface area (Å²) in [6, 6.07) is 1.04. The summed E-state index contributed by atoms with van der Waals surface area (Å²) < 4.78 is 0. The van der Waals surface area contributed by atoms with Gasteiger partial charge in [0.25, 0.3) is 5.91 Å². The van der Waals surface area contributed by atoms with Crippen LogP contribution in [-0.2, 0) is 4.79 Å². The Kier molecular flexibility index (Phi) is 3.82. The molecule has 7 heteroatoms. The third kappa shape index (κ3) is 2.33. The van der Waals surface area contributed by atoms with Crippen molar-refractivity contribution in [1.29, 1.82) is 0 Å². The molecule has 0 bridgehead atoms. The summed E-state index contributed by atoms with van der Waals surface area (Å²) in [5.74, 6) is -0.383. The van der Waals surface area contributed by atoms with Gasteiger partial charge in [-0.05, 0) is 12.5 Å². The first-order valence-corrected chi connectivity index (χ1v) is 6.43. The second-order valence-electron chi connectivity index (χ2n) is 4.06. The fourth-order valence-electron chi connectivity index (χ4n) is 2.04. The lowest BCUT2D eigenvalue weighted by molar-refractivity contribution is -0.127. The number of H-pyrrole nitrogens is 1. The van der Waals surface area contributed by atoms with Gasteiger partial charge in [-0.2, -0.15) is 0 Å². The maximum absolute atomic E-state index is 12.3. The molecular formula is C11H13Cl2N3O2. The molecule has 98 valence electrons. The van der Waals surface area contributed by atoms with Crippen molar-refractivity contribution >= 4 is 35.0 Å². The van der Waals surface area contributed by atoms with E-state index in [-0.39, 0.29) is 17.0 Å². The van der Waals surface area contributed by atoms with Crippen LogP contribution in [0.15, 0.2) is 6.07 Å². The number of nitrogens with zero attached hydrogens (tertiary/aromatic N) is 1. The Bertz CT molecular complexity index is 467. The molecule has 1 fully saturated rings. The lowest BCUT2D eigenvalue weighted by atomic mass is 10.1. The Labute approximate surface area is 114 Å². The zero-order chi connectivity index (χ0) is 13.3. The lowest BCUT2D eigenvalue weighted by Crippen LogP contribution is -2.56. The molecule has 2 rings (SSSR count). The zero-order valence-corrected chi connectivity index (χ0v) is 11.3. The van der Waals surface area contributed by atoms with Crippen LogP contribution in [0.5, 0.6) is 0 Å². The second-order valence-corrected chi connectivity index (χ2v) is 4.84. The smallest absolute Gasteiger partial charge is 0.271 e. The molecule has 0 aromatic carbocycles. The largest absolute Gasteiger partial charge is 0.353 e. The molecule has 1 aromatic heterocycles. The van der Waals surface area contributed by atoms with Gasteiger partial charge >= 0.3 is 0 Å². The van der Waals surface area contributed by atoms with E-state index in [0.717, 1.165) is 0 Å². The van der Waals surface area contributed by atoms with Gasteiger partial charge in [0.15, 0.2) is 0 Å². The minimum atomic E-state index is -0.438. The molecule has 2 amide bonds. The minimum Gasteiger partial charge on any atom is -0.353 e. The van der Waals surface area contributed by atoms with Crippen LogP contribution in [-0.4, -0.2) is 40.8 Å². The third-order valence-electron chi connectivity index (χ3n) is 2.93. The predicted octanol–water partition coefficient (Wildman–Crippen LogP) is 1.67. The van der Waals surface area contributed by atoms with Crippen molar-refractivity contribution in [2.45, 2.75) is 19.4 Å². The standard InChI is InChI=1S/C11H13Cl2N3O2/c1-2-8-10(17)14-3-4-16(8)11(18)7-5-6(12)9(13)15-7/h5,8,15H,2-4H2,1H3,(H,14,17). The number of halogens is 2. The highest BCUT2D eigenvalue weighted by Crippen LogP contribution is 2.23. The molecule has 0 spiro atoms. The number of hydrogen-bond acceptors (Lipinski definition) is 2. The van der Waals surface area contributed by atoms with E-state index in [1.165, 1.54) is 11.0 Å². The topological polar surface area (TPSA) is 65.2 Å². The van der Waals surface area contributed by atoms with Gasteiger partial charge in [0.1, 0.15) is 16.9 Å². The van der Waals surface area contributed by atoms with Gasteiger partial charge < -0.3 is 15.2 Å². The van der Waals surface area contributed by atoms with Crippen LogP contribution in [0.2, 0.25) is 10.2 Å². The van der Waals surface area contributed by atoms with E-state index in [9.17, 15) is 9.59 Å². The molecule has 0 aliphatic carbocycles. The van der Waals surface area contributed by atoms with Crippen molar-refractivity contribution in [1.82, 2.24) is 15.2 Å². The first-order valence-electron chi connectivity index (χ1n) is 5.67. The van der Waals surface area contributed by atoms with Crippen molar-refractivity contribution in [3.05, 3.63) is 21.9 Å². The number of rotatable bonds is 2. The van der Waals surface area contributed by atoms with Crippen molar-refractivity contribution in [3.8, 4) is 0 Å². The molecule has 18 heavy (non-hydrogen) atoms. The maximum Gasteiger partial charge on any atom is 0.271 e. The molecule has 1 atom stereocenters. The molecule has 2 N–H and O–H groups in total. The highest BCUT2D eigenvalue weighted by atomic mass is 35.5. The van der Waals surface area contributed by atoms with Crippen molar-refractivity contribution < 1.29 is 9.59 Å². The van der Waals surface area contributed by atoms with E-state index < -0.39 is 6.04 Å². The van der Waals surface area contributed by atoms with Crippen molar-refractivity contribution in [2.75, 3.05) is 13.1 Å². The summed E-state index contributed by atoms with van der Waals surface area (Å²) in [5.41, 5.74) is 0.304. The molecule has 5 nitrogen and oxygen atoms in total. The Hall–Kier alpha value is -1.20. The van der Waals surface area contributed by atoms with Crippen molar-refractivity contribution in [2.24, 2.45) is 0 Å². The molecule has 0 radical (unpaired) electrons. The lowest BCUT2D eigenvalue weighted by Gasteiger charge is -2.34. The Morgan fingerprint density at radius 3 is 2.83 bits per heavy atom. The van der Waals surface area contributed by atoms with Gasteiger partial charge in [-0.3, -0.25) is 9.59 Å². The van der Waals surface area contributed by atoms with Gasteiger partial charge in [0.2, 0.25) is 5.91 Å². The summed E-state index contributed by atoms with van der Waals surface area (Å²) >= 11 is 11.6. The summed E-state index contributed by atoms with van der Waals surface area (Å²) in [5, 5.41) is 3.27. The van der Waals surface area contributed by atoms with Crippen LogP contribution in [0.4, 0.5) is 0 Å². The Morgan fingerprint density at radius 1 is 1.56 bits per heavy atom. The Balaban J connectivity index is 2.24. The highest BCUT2D eigenvalue weighted by Gasteiger charge is 2.32. The van der Waals surface area contributed by atoms with Gasteiger partial charge in [0, 0.05) is 13.1 Å². The molecule has 1 unspecified atom stereocenters. The van der Waals surface area contributed by atoms with Gasteiger partial charge in [0.05, 0.1) is 5.02 Å². The van der Waals surface area contributed by atoms with Crippen LogP contribution in [0, 0.1) is 0 Å². The molecule has 2 heterocycles. The molecular weight excluding hydrogens is 277 g/mol. The van der Waals surface area contributed by atoms with E-state index in [1.807, 2.05) is 6.92 Å². The number of amides is 2. The van der Waals surface area contributed by atoms with Crippen molar-refractivity contribution in [3.63, 3.8) is 0 Å². The van der Waals surface area contributed by atoms with Gasteiger partial charge in [-0.25, -0.2) is 0 Å². The van der Waals surface area contributed by atoms with Crippen LogP contribution >= 0.6 is 23.2 Å². The van der Waals surface area contributed by atoms with Gasteiger partial charge in [-0.1, -0.05) is 30.1 Å². The van der Waals surface area contributed by atoms with E-state index in [4.69, 9.17) is 23.2 Å². The number of carbonyl (C=O) groups excluding carboxylic acids is 2. The fraction of sp³-hybridized carbons (Fsp3) is 0.455. The van der Waals surface area contributed by atoms with Crippen LogP contribution in [0.25, 0.3) is 0 Å². The maximum atomic E-state index is 12.3. The number of hydrogen-bond donors (Lipinski definition) is 2. The van der Waals surface area contributed by atoms with Gasteiger partial charge in [-0.15, -0.1) is 0 Å². The number of nitrogens with one attached hydrogen (secondary N) is 2. The average Bonchev–Trinajstić information content (AvgIpc) is 2.68. The summed E-state index contributed by atoms with van der Waals surface area (Å²) in [6.07, 6.45) is 0.569. The average molecular weight is 290 g/mol. The summed E-state index contributed by atoms with van der Waals surface area (Å²) in [4.78, 5) is 28.2. The number of carbonyl (C=O) groups is 2. The molecule has 0 saturated carbocycles. The number of aromatic amines is 1. The number of aromatic nitrogens is 1. The molecule has 1 aliphatic rings. The minimum absolute atomic E-state index is 0.124. The predicted molar refractivity (Wildman–Crippen MR) is 68.9 cm³/mol. The van der Waals surface area contributed by atoms with Crippen LogP contribution < -0.4 is 5.32 Å². The van der Waals surface area contributed by atoms with E-state index in [2.05, 4.69) is 10.3 Å². The molecule has 1 aliphatic heterocycles. The summed E-state index contributed by atoms with van der Waals surface area (Å²) in [7, 11) is 0. The quantitative estimate of drug-likeness (QED) is 0.870. The summed E-state index contributed by atoms with van der Waals surface area (Å²) in [6.45, 7) is 2.81. The number of piperazine rings is 1. The monoisotopic (exact) mass is 289 g/mol. The first-order chi connectivity index (χ1) is 8.54. The van der Waals surface area contributed by atoms with Crippen LogP contribution in [0.3, 0.4) is 0 Å². The first kappa shape index (κ1) is 13.2.